The largest absolute Gasteiger partial charge is 0.394 e. The first-order valence-electron chi connectivity index (χ1n) is 4.12. The summed E-state index contributed by atoms with van der Waals surface area (Å²) in [5, 5.41) is 17.7. The van der Waals surface area contributed by atoms with Gasteiger partial charge in [0, 0.05) is 25.2 Å². The molecule has 0 bridgehead atoms. The van der Waals surface area contributed by atoms with Crippen molar-refractivity contribution in [2.24, 2.45) is 7.05 Å². The molecule has 0 aromatic carbocycles. The average molecular weight is 200 g/mol. The van der Waals surface area contributed by atoms with E-state index in [4.69, 9.17) is 10.2 Å². The van der Waals surface area contributed by atoms with Crippen molar-refractivity contribution < 1.29 is 10.2 Å². The smallest absolute Gasteiger partial charge is 0.328 e. The summed E-state index contributed by atoms with van der Waals surface area (Å²) in [5.41, 5.74) is -0.758. The Kier molecular flexibility index (Phi) is 3.21. The molecule has 0 amide bonds. The van der Waals surface area contributed by atoms with Crippen LogP contribution in [0.3, 0.4) is 0 Å². The molecule has 0 fully saturated rings. The van der Waals surface area contributed by atoms with E-state index in [1.807, 2.05) is 0 Å². The van der Waals surface area contributed by atoms with E-state index < -0.39 is 24.0 Å². The fourth-order valence-electron chi connectivity index (χ4n) is 1.08. The predicted octanol–water partition coefficient (Wildman–Crippen LogP) is -2.03. The Morgan fingerprint density at radius 1 is 1.57 bits per heavy atom. The van der Waals surface area contributed by atoms with Crippen LogP contribution >= 0.6 is 0 Å². The Hall–Kier alpha value is -1.40. The van der Waals surface area contributed by atoms with Crippen molar-refractivity contribution in [1.82, 2.24) is 9.55 Å². The molecular formula is C8H12N2O4. The minimum absolute atomic E-state index is 0.0277. The van der Waals surface area contributed by atoms with Gasteiger partial charge in [0.25, 0.3) is 5.56 Å². The highest BCUT2D eigenvalue weighted by Gasteiger charge is 2.08. The van der Waals surface area contributed by atoms with Gasteiger partial charge in [0.15, 0.2) is 0 Å². The van der Waals surface area contributed by atoms with E-state index in [9.17, 15) is 9.59 Å². The Morgan fingerprint density at radius 2 is 2.21 bits per heavy atom. The molecule has 6 heteroatoms. The van der Waals surface area contributed by atoms with E-state index in [0.29, 0.717) is 0 Å². The van der Waals surface area contributed by atoms with Crippen molar-refractivity contribution in [3.63, 3.8) is 0 Å². The van der Waals surface area contributed by atoms with Crippen molar-refractivity contribution in [3.8, 4) is 0 Å². The molecule has 1 rings (SSSR count). The summed E-state index contributed by atoms with van der Waals surface area (Å²) >= 11 is 0. The van der Waals surface area contributed by atoms with E-state index in [0.717, 1.165) is 0 Å². The molecule has 0 saturated carbocycles. The molecule has 1 aromatic rings. The van der Waals surface area contributed by atoms with Crippen LogP contribution in [0.4, 0.5) is 0 Å². The quantitative estimate of drug-likeness (QED) is 0.524. The number of hydrogen-bond donors (Lipinski definition) is 3. The van der Waals surface area contributed by atoms with Crippen molar-refractivity contribution in [2.75, 3.05) is 6.61 Å². The van der Waals surface area contributed by atoms with Gasteiger partial charge in [-0.1, -0.05) is 0 Å². The van der Waals surface area contributed by atoms with Gasteiger partial charge in [-0.2, -0.15) is 0 Å². The fraction of sp³-hybridized carbons (Fsp3) is 0.500. The van der Waals surface area contributed by atoms with Crippen LogP contribution in [0, 0.1) is 0 Å². The number of rotatable bonds is 3. The molecule has 0 aliphatic rings. The number of aromatic amines is 1. The van der Waals surface area contributed by atoms with Gasteiger partial charge in [-0.25, -0.2) is 4.79 Å². The van der Waals surface area contributed by atoms with Crippen LogP contribution < -0.4 is 11.2 Å². The minimum atomic E-state index is -0.978. The lowest BCUT2D eigenvalue weighted by molar-refractivity contribution is 0.0951. The van der Waals surface area contributed by atoms with Crippen LogP contribution in [0.15, 0.2) is 15.8 Å². The predicted molar refractivity (Wildman–Crippen MR) is 49.1 cm³/mol. The zero-order chi connectivity index (χ0) is 10.7. The normalized spacial score (nSPS) is 12.8. The molecule has 78 valence electrons. The van der Waals surface area contributed by atoms with Gasteiger partial charge in [0.05, 0.1) is 12.7 Å². The Labute approximate surface area is 79.5 Å². The zero-order valence-corrected chi connectivity index (χ0v) is 7.73. The van der Waals surface area contributed by atoms with Gasteiger partial charge >= 0.3 is 5.69 Å². The third-order valence-corrected chi connectivity index (χ3v) is 1.85. The zero-order valence-electron chi connectivity index (χ0n) is 7.73. The van der Waals surface area contributed by atoms with Crippen LogP contribution in [0.25, 0.3) is 0 Å². The lowest BCUT2D eigenvalue weighted by Crippen LogP contribution is -2.32. The second kappa shape index (κ2) is 4.21. The van der Waals surface area contributed by atoms with Crippen LogP contribution in [-0.2, 0) is 13.5 Å². The van der Waals surface area contributed by atoms with Gasteiger partial charge in [0.1, 0.15) is 0 Å². The first-order chi connectivity index (χ1) is 6.54. The number of hydrogen-bond acceptors (Lipinski definition) is 4. The van der Waals surface area contributed by atoms with E-state index in [1.165, 1.54) is 17.8 Å². The summed E-state index contributed by atoms with van der Waals surface area (Å²) in [6, 6.07) is 0. The van der Waals surface area contributed by atoms with E-state index in [2.05, 4.69) is 4.98 Å². The maximum absolute atomic E-state index is 11.2. The Morgan fingerprint density at radius 3 is 2.79 bits per heavy atom. The van der Waals surface area contributed by atoms with Crippen LogP contribution in [-0.4, -0.2) is 32.5 Å². The minimum Gasteiger partial charge on any atom is -0.394 e. The maximum atomic E-state index is 11.2. The highest BCUT2D eigenvalue weighted by atomic mass is 16.3. The second-order valence-corrected chi connectivity index (χ2v) is 3.07. The summed E-state index contributed by atoms with van der Waals surface area (Å²) in [6.07, 6.45) is 0.397. The molecule has 6 nitrogen and oxygen atoms in total. The number of aromatic nitrogens is 2. The number of aliphatic hydroxyl groups is 2. The topological polar surface area (TPSA) is 95.3 Å². The summed E-state index contributed by atoms with van der Waals surface area (Å²) in [4.78, 5) is 24.2. The standard InChI is InChI=1S/C8H12N2O4/c1-10-3-5(2-6(12)4-11)7(13)9-8(10)14/h3,6,11-12H,2,4H2,1H3,(H,9,13,14)/t6-/m0/s1. The molecular weight excluding hydrogens is 188 g/mol. The van der Waals surface area contributed by atoms with Crippen molar-refractivity contribution in [1.29, 1.82) is 0 Å². The number of nitrogens with one attached hydrogen (secondary N) is 1. The molecule has 14 heavy (non-hydrogen) atoms. The Balaban J connectivity index is 3.04. The lowest BCUT2D eigenvalue weighted by atomic mass is 10.1. The summed E-state index contributed by atoms with van der Waals surface area (Å²) in [7, 11) is 1.49. The molecule has 1 heterocycles. The highest BCUT2D eigenvalue weighted by Crippen LogP contribution is 1.94. The third kappa shape index (κ3) is 2.30. The van der Waals surface area contributed by atoms with E-state index in [1.54, 1.807) is 0 Å². The molecule has 0 radical (unpaired) electrons. The first-order valence-corrected chi connectivity index (χ1v) is 4.12. The fourth-order valence-corrected chi connectivity index (χ4v) is 1.08. The van der Waals surface area contributed by atoms with E-state index in [-0.39, 0.29) is 12.0 Å². The van der Waals surface area contributed by atoms with Crippen molar-refractivity contribution >= 4 is 0 Å². The highest BCUT2D eigenvalue weighted by molar-refractivity contribution is 5.05. The molecule has 0 spiro atoms. The summed E-state index contributed by atoms with van der Waals surface area (Å²) in [6.45, 7) is -0.414. The first kappa shape index (κ1) is 10.7. The maximum Gasteiger partial charge on any atom is 0.328 e. The summed E-state index contributed by atoms with van der Waals surface area (Å²) < 4.78 is 1.21. The van der Waals surface area contributed by atoms with Gasteiger partial charge in [0.2, 0.25) is 0 Å². The van der Waals surface area contributed by atoms with Crippen LogP contribution in [0.5, 0.6) is 0 Å². The van der Waals surface area contributed by atoms with Crippen molar-refractivity contribution in [3.05, 3.63) is 32.6 Å². The second-order valence-electron chi connectivity index (χ2n) is 3.07. The average Bonchev–Trinajstić information content (AvgIpc) is 2.14. The molecule has 1 atom stereocenters. The molecule has 1 aromatic heterocycles. The molecule has 0 aliphatic heterocycles. The lowest BCUT2D eigenvalue weighted by Gasteiger charge is -2.06. The van der Waals surface area contributed by atoms with Crippen molar-refractivity contribution in [2.45, 2.75) is 12.5 Å². The molecule has 3 N–H and O–H groups in total. The third-order valence-electron chi connectivity index (χ3n) is 1.85. The van der Waals surface area contributed by atoms with Crippen LogP contribution in [0.1, 0.15) is 5.56 Å². The van der Waals surface area contributed by atoms with E-state index >= 15 is 0 Å². The van der Waals surface area contributed by atoms with Gasteiger partial charge in [-0.3, -0.25) is 9.78 Å². The number of aryl methyl sites for hydroxylation is 1. The Bertz CT molecular complexity index is 420. The molecule has 0 saturated heterocycles. The van der Waals surface area contributed by atoms with Crippen LogP contribution in [0.2, 0.25) is 0 Å². The number of aliphatic hydroxyl groups excluding tert-OH is 2. The summed E-state index contributed by atoms with van der Waals surface area (Å²) in [5.74, 6) is 0. The number of H-pyrrole nitrogens is 1. The van der Waals surface area contributed by atoms with Gasteiger partial charge in [-0.05, 0) is 0 Å². The molecule has 0 unspecified atom stereocenters. The monoisotopic (exact) mass is 200 g/mol. The molecule has 0 aliphatic carbocycles. The number of nitrogens with zero attached hydrogens (tertiary/aromatic N) is 1. The van der Waals surface area contributed by atoms with Gasteiger partial charge in [-0.15, -0.1) is 0 Å². The van der Waals surface area contributed by atoms with Gasteiger partial charge < -0.3 is 14.8 Å². The SMILES string of the molecule is Cn1cc(C[C@H](O)CO)c(=O)[nH]c1=O.